The predicted octanol–water partition coefficient (Wildman–Crippen LogP) is 6.22. The third kappa shape index (κ3) is 5.28. The molecule has 1 atom stereocenters. The maximum absolute atomic E-state index is 11.5. The van der Waals surface area contributed by atoms with Gasteiger partial charge in [-0.1, -0.05) is 27.4 Å². The summed E-state index contributed by atoms with van der Waals surface area (Å²) in [7, 11) is 0. The van der Waals surface area contributed by atoms with Crippen molar-refractivity contribution < 1.29 is 14.3 Å². The number of hydrogen-bond donors (Lipinski definition) is 0. The first-order valence-corrected chi connectivity index (χ1v) is 11.2. The lowest BCUT2D eigenvalue weighted by Crippen LogP contribution is -2.18. The normalized spacial score (nSPS) is 12.0. The van der Waals surface area contributed by atoms with E-state index in [2.05, 4.69) is 50.8 Å². The van der Waals surface area contributed by atoms with Crippen molar-refractivity contribution >= 4 is 27.4 Å². The third-order valence-electron chi connectivity index (χ3n) is 4.87. The van der Waals surface area contributed by atoms with Crippen LogP contribution in [-0.4, -0.2) is 24.2 Å². The monoisotopic (exact) mass is 423 g/mol. The van der Waals surface area contributed by atoms with E-state index in [0.29, 0.717) is 18.8 Å². The van der Waals surface area contributed by atoms with Gasteiger partial charge in [0.1, 0.15) is 5.75 Å². The highest BCUT2D eigenvalue weighted by Gasteiger charge is 2.12. The molecule has 0 radical (unpaired) electrons. The molecule has 3 rings (SSSR count). The number of carbonyl (C=O) groups is 1. The van der Waals surface area contributed by atoms with Crippen molar-refractivity contribution in [3.05, 3.63) is 59.9 Å². The number of rotatable bonds is 9. The molecule has 0 amide bonds. The van der Waals surface area contributed by atoms with Gasteiger partial charge in [-0.2, -0.15) is 0 Å². The summed E-state index contributed by atoms with van der Waals surface area (Å²) in [6.07, 6.45) is 1.87. The summed E-state index contributed by atoms with van der Waals surface area (Å²) in [4.78, 5) is 17.5. The molecule has 0 saturated heterocycles. The average molecular weight is 424 g/mol. The first kappa shape index (κ1) is 22.0. The predicted molar refractivity (Wildman–Crippen MR) is 124 cm³/mol. The maximum Gasteiger partial charge on any atom is 0.333 e. The number of esters is 1. The molecule has 30 heavy (non-hydrogen) atoms. The molecular formula is C25H29NO3S. The van der Waals surface area contributed by atoms with Crippen molar-refractivity contribution in [1.82, 2.24) is 4.98 Å². The Labute approximate surface area is 182 Å². The standard InChI is InChI=1S/C25H29NO3S/c1-6-19-9-11-21(22(7-2)26-19)24-12-18-8-10-20(13-23(18)30-24)28-14-17(5)15-29-25(27)16(3)4/h8-13,17H,3,6-7,14-15H2,1-2,4-5H3. The van der Waals surface area contributed by atoms with Gasteiger partial charge in [0.25, 0.3) is 0 Å². The number of benzene rings is 1. The largest absolute Gasteiger partial charge is 0.493 e. The molecule has 3 aromatic rings. The number of hydrogen-bond acceptors (Lipinski definition) is 5. The van der Waals surface area contributed by atoms with Gasteiger partial charge < -0.3 is 9.47 Å². The van der Waals surface area contributed by atoms with Gasteiger partial charge in [0.05, 0.1) is 13.2 Å². The molecule has 5 heteroatoms. The van der Waals surface area contributed by atoms with Crippen LogP contribution in [0.25, 0.3) is 20.5 Å². The fraction of sp³-hybridized carbons (Fsp3) is 0.360. The van der Waals surface area contributed by atoms with Crippen LogP contribution in [0.2, 0.25) is 0 Å². The first-order chi connectivity index (χ1) is 14.4. The summed E-state index contributed by atoms with van der Waals surface area (Å²) in [6, 6.07) is 12.7. The number of aromatic nitrogens is 1. The third-order valence-corrected chi connectivity index (χ3v) is 6.00. The van der Waals surface area contributed by atoms with Crippen LogP contribution in [-0.2, 0) is 22.4 Å². The van der Waals surface area contributed by atoms with Gasteiger partial charge in [-0.15, -0.1) is 11.3 Å². The molecule has 0 aliphatic heterocycles. The van der Waals surface area contributed by atoms with Gasteiger partial charge >= 0.3 is 5.97 Å². The van der Waals surface area contributed by atoms with E-state index in [1.54, 1.807) is 18.3 Å². The maximum atomic E-state index is 11.5. The molecule has 158 valence electrons. The van der Waals surface area contributed by atoms with Crippen molar-refractivity contribution in [2.24, 2.45) is 5.92 Å². The Morgan fingerprint density at radius 1 is 1.13 bits per heavy atom. The number of aryl methyl sites for hydroxylation is 2. The van der Waals surface area contributed by atoms with E-state index in [-0.39, 0.29) is 11.9 Å². The van der Waals surface area contributed by atoms with Gasteiger partial charge in [0.15, 0.2) is 0 Å². The number of pyridine rings is 1. The topological polar surface area (TPSA) is 48.4 Å². The molecule has 0 N–H and O–H groups in total. The van der Waals surface area contributed by atoms with Crippen LogP contribution in [0.4, 0.5) is 0 Å². The van der Waals surface area contributed by atoms with Crippen LogP contribution in [0.5, 0.6) is 5.75 Å². The summed E-state index contributed by atoms with van der Waals surface area (Å²) in [5.74, 6) is 0.560. The second kappa shape index (κ2) is 9.90. The van der Waals surface area contributed by atoms with Gasteiger partial charge in [-0.3, -0.25) is 4.98 Å². The van der Waals surface area contributed by atoms with Crippen LogP contribution in [0, 0.1) is 5.92 Å². The van der Waals surface area contributed by atoms with E-state index in [0.717, 1.165) is 30.0 Å². The number of ether oxygens (including phenoxy) is 2. The Morgan fingerprint density at radius 3 is 2.63 bits per heavy atom. The van der Waals surface area contributed by atoms with E-state index >= 15 is 0 Å². The van der Waals surface area contributed by atoms with E-state index in [1.165, 1.54) is 20.5 Å². The molecule has 0 fully saturated rings. The van der Waals surface area contributed by atoms with Gasteiger partial charge in [-0.05, 0) is 61.5 Å². The van der Waals surface area contributed by atoms with Crippen LogP contribution < -0.4 is 4.74 Å². The highest BCUT2D eigenvalue weighted by atomic mass is 32.1. The quantitative estimate of drug-likeness (QED) is 0.303. The Balaban J connectivity index is 1.71. The van der Waals surface area contributed by atoms with Crippen molar-refractivity contribution in [3.63, 3.8) is 0 Å². The number of fused-ring (bicyclic) bond motifs is 1. The fourth-order valence-electron chi connectivity index (χ4n) is 3.10. The van der Waals surface area contributed by atoms with Gasteiger partial charge in [0.2, 0.25) is 0 Å². The zero-order valence-electron chi connectivity index (χ0n) is 18.2. The molecule has 2 heterocycles. The molecule has 0 bridgehead atoms. The van der Waals surface area contributed by atoms with Crippen LogP contribution in [0.1, 0.15) is 39.1 Å². The lowest BCUT2D eigenvalue weighted by atomic mass is 10.1. The van der Waals surface area contributed by atoms with Crippen molar-refractivity contribution in [3.8, 4) is 16.2 Å². The van der Waals surface area contributed by atoms with E-state index in [9.17, 15) is 4.79 Å². The number of thiophene rings is 1. The molecule has 0 aliphatic carbocycles. The van der Waals surface area contributed by atoms with Crippen LogP contribution in [0.15, 0.2) is 48.6 Å². The Hall–Kier alpha value is -2.66. The molecule has 2 aromatic heterocycles. The minimum Gasteiger partial charge on any atom is -0.493 e. The van der Waals surface area contributed by atoms with Crippen LogP contribution in [0.3, 0.4) is 0 Å². The zero-order valence-corrected chi connectivity index (χ0v) is 19.0. The van der Waals surface area contributed by atoms with E-state index < -0.39 is 0 Å². The minimum absolute atomic E-state index is 0.0955. The van der Waals surface area contributed by atoms with E-state index in [4.69, 9.17) is 14.5 Å². The molecule has 1 aromatic carbocycles. The fourth-order valence-corrected chi connectivity index (χ4v) is 4.24. The molecule has 0 aliphatic rings. The highest BCUT2D eigenvalue weighted by Crippen LogP contribution is 2.36. The number of nitrogens with zero attached hydrogens (tertiary/aromatic N) is 1. The minimum atomic E-state index is -0.359. The van der Waals surface area contributed by atoms with Gasteiger partial charge in [0, 0.05) is 38.0 Å². The molecule has 0 saturated carbocycles. The summed E-state index contributed by atoms with van der Waals surface area (Å²) in [6.45, 7) is 12.3. The second-order valence-corrected chi connectivity index (χ2v) is 8.69. The lowest BCUT2D eigenvalue weighted by Gasteiger charge is -2.13. The summed E-state index contributed by atoms with van der Waals surface area (Å²) < 4.78 is 12.3. The number of carbonyl (C=O) groups excluding carboxylic acids is 1. The van der Waals surface area contributed by atoms with Gasteiger partial charge in [-0.25, -0.2) is 4.79 Å². The second-order valence-electron chi connectivity index (χ2n) is 7.61. The summed E-state index contributed by atoms with van der Waals surface area (Å²) in [5.41, 5.74) is 3.91. The lowest BCUT2D eigenvalue weighted by molar-refractivity contribution is -0.140. The summed E-state index contributed by atoms with van der Waals surface area (Å²) >= 11 is 1.76. The van der Waals surface area contributed by atoms with Crippen molar-refractivity contribution in [1.29, 1.82) is 0 Å². The Kier molecular flexibility index (Phi) is 7.27. The van der Waals surface area contributed by atoms with Crippen molar-refractivity contribution in [2.75, 3.05) is 13.2 Å². The SMILES string of the molecule is C=C(C)C(=O)OCC(C)COc1ccc2cc(-c3ccc(CC)nc3CC)sc2c1. The molecule has 1 unspecified atom stereocenters. The zero-order chi connectivity index (χ0) is 21.7. The Bertz CT molecular complexity index is 1050. The van der Waals surface area contributed by atoms with Crippen LogP contribution >= 0.6 is 11.3 Å². The average Bonchev–Trinajstić information content (AvgIpc) is 3.18. The van der Waals surface area contributed by atoms with E-state index in [1.807, 2.05) is 13.0 Å². The molecule has 4 nitrogen and oxygen atoms in total. The smallest absolute Gasteiger partial charge is 0.333 e. The molecule has 0 spiro atoms. The summed E-state index contributed by atoms with van der Waals surface area (Å²) in [5, 5.41) is 1.20. The molecular weight excluding hydrogens is 394 g/mol. The first-order valence-electron chi connectivity index (χ1n) is 10.4. The highest BCUT2D eigenvalue weighted by molar-refractivity contribution is 7.22. The van der Waals surface area contributed by atoms with Crippen molar-refractivity contribution in [2.45, 2.75) is 40.5 Å². The Morgan fingerprint density at radius 2 is 1.93 bits per heavy atom.